The second-order valence-corrected chi connectivity index (χ2v) is 6.44. The van der Waals surface area contributed by atoms with Crippen LogP contribution in [0.5, 0.6) is 5.75 Å². The van der Waals surface area contributed by atoms with E-state index in [4.69, 9.17) is 17.0 Å². The van der Waals surface area contributed by atoms with Crippen molar-refractivity contribution in [1.29, 1.82) is 0 Å². The Morgan fingerprint density at radius 2 is 1.95 bits per heavy atom. The van der Waals surface area contributed by atoms with Gasteiger partial charge in [0.2, 0.25) is 0 Å². The summed E-state index contributed by atoms with van der Waals surface area (Å²) in [5.41, 5.74) is 2.14. The average molecular weight is 317 g/mol. The van der Waals surface area contributed by atoms with E-state index >= 15 is 0 Å². The lowest BCUT2D eigenvalue weighted by molar-refractivity contribution is 0.288. The first-order chi connectivity index (χ1) is 10.8. The Hall–Kier alpha value is -1.18. The summed E-state index contributed by atoms with van der Waals surface area (Å²) in [4.78, 5) is 4.20. The van der Waals surface area contributed by atoms with Crippen molar-refractivity contribution in [2.24, 2.45) is 10.9 Å². The quantitative estimate of drug-likeness (QED) is 0.436. The lowest BCUT2D eigenvalue weighted by Gasteiger charge is -2.30. The topological polar surface area (TPSA) is 21.6 Å². The number of rotatable bonds is 7. The highest BCUT2D eigenvalue weighted by atomic mass is 32.1. The minimum absolute atomic E-state index is 0.597. The smallest absolute Gasteiger partial charge is 0.149 e. The maximum absolute atomic E-state index is 6.02. The number of ether oxygens (including phenoxy) is 1. The number of nitrogens with zero attached hydrogens (tertiary/aromatic N) is 1. The maximum Gasteiger partial charge on any atom is 0.149 e. The highest BCUT2D eigenvalue weighted by molar-refractivity contribution is 7.78. The number of hydrogen-bond acceptors (Lipinski definition) is 3. The molecule has 0 heterocycles. The van der Waals surface area contributed by atoms with Crippen LogP contribution in [0.1, 0.15) is 70.3 Å². The first-order valence-electron chi connectivity index (χ1n) is 8.63. The molecule has 0 aromatic heterocycles. The zero-order chi connectivity index (χ0) is 15.8. The predicted molar refractivity (Wildman–Crippen MR) is 96.5 cm³/mol. The normalized spacial score (nSPS) is 21.2. The van der Waals surface area contributed by atoms with Crippen molar-refractivity contribution in [2.45, 2.75) is 64.7 Å². The van der Waals surface area contributed by atoms with E-state index in [1.807, 2.05) is 6.07 Å². The molecule has 0 amide bonds. The molecule has 22 heavy (non-hydrogen) atoms. The fourth-order valence-electron chi connectivity index (χ4n) is 3.53. The molecule has 0 unspecified atom stereocenters. The standard InChI is InChI=1S/C19H27NOS/c1-3-6-15-9-11-16(12-10-15)17-7-5-8-18(20-14-22)19(17)21-13-4-2/h5,7-8,15-16H,3-4,6,9-13H2,1-2H3. The molecular weight excluding hydrogens is 290 g/mol. The van der Waals surface area contributed by atoms with Gasteiger partial charge in [-0.2, -0.15) is 4.99 Å². The van der Waals surface area contributed by atoms with Crippen LogP contribution < -0.4 is 4.74 Å². The zero-order valence-electron chi connectivity index (χ0n) is 13.8. The highest BCUT2D eigenvalue weighted by Crippen LogP contribution is 2.43. The Labute approximate surface area is 140 Å². The highest BCUT2D eigenvalue weighted by Gasteiger charge is 2.25. The lowest BCUT2D eigenvalue weighted by atomic mass is 9.77. The van der Waals surface area contributed by atoms with Crippen molar-refractivity contribution in [3.63, 3.8) is 0 Å². The van der Waals surface area contributed by atoms with Gasteiger partial charge in [-0.15, -0.1) is 0 Å². The molecule has 1 aromatic rings. The number of benzene rings is 1. The second kappa shape index (κ2) is 9.07. The van der Waals surface area contributed by atoms with Gasteiger partial charge in [-0.1, -0.05) is 38.8 Å². The van der Waals surface area contributed by atoms with Gasteiger partial charge in [0.05, 0.1) is 11.8 Å². The van der Waals surface area contributed by atoms with Crippen LogP contribution in [-0.4, -0.2) is 11.8 Å². The summed E-state index contributed by atoms with van der Waals surface area (Å²) in [6.07, 6.45) is 8.88. The summed E-state index contributed by atoms with van der Waals surface area (Å²) in [6.45, 7) is 5.14. The van der Waals surface area contributed by atoms with Gasteiger partial charge in [-0.05, 0) is 67.8 Å². The van der Waals surface area contributed by atoms with Gasteiger partial charge < -0.3 is 4.74 Å². The Balaban J connectivity index is 2.19. The van der Waals surface area contributed by atoms with Crippen LogP contribution in [0, 0.1) is 5.92 Å². The van der Waals surface area contributed by atoms with Crippen LogP contribution in [0.4, 0.5) is 5.69 Å². The van der Waals surface area contributed by atoms with Crippen molar-refractivity contribution in [2.75, 3.05) is 6.61 Å². The van der Waals surface area contributed by atoms with Gasteiger partial charge in [0.25, 0.3) is 0 Å². The van der Waals surface area contributed by atoms with Gasteiger partial charge in [0.15, 0.2) is 0 Å². The Kier molecular flexibility index (Phi) is 7.08. The minimum Gasteiger partial charge on any atom is -0.491 e. The van der Waals surface area contributed by atoms with E-state index in [0.29, 0.717) is 5.92 Å². The average Bonchev–Trinajstić information content (AvgIpc) is 2.55. The summed E-state index contributed by atoms with van der Waals surface area (Å²) in [5, 5.41) is 2.48. The number of aliphatic imine (C=N–C) groups is 1. The monoisotopic (exact) mass is 317 g/mol. The van der Waals surface area contributed by atoms with E-state index in [1.165, 1.54) is 44.1 Å². The molecule has 1 aliphatic rings. The Morgan fingerprint density at radius 3 is 2.59 bits per heavy atom. The first-order valence-corrected chi connectivity index (χ1v) is 9.04. The van der Waals surface area contributed by atoms with Crippen LogP contribution >= 0.6 is 12.2 Å². The van der Waals surface area contributed by atoms with Crippen LogP contribution in [0.15, 0.2) is 23.2 Å². The first kappa shape index (κ1) is 17.2. The molecule has 1 saturated carbocycles. The van der Waals surface area contributed by atoms with E-state index in [1.54, 1.807) is 0 Å². The fourth-order valence-corrected chi connectivity index (χ4v) is 3.63. The molecule has 0 bridgehead atoms. The zero-order valence-corrected chi connectivity index (χ0v) is 14.6. The molecule has 0 aliphatic heterocycles. The number of para-hydroxylation sites is 1. The summed E-state index contributed by atoms with van der Waals surface area (Å²) < 4.78 is 6.02. The summed E-state index contributed by atoms with van der Waals surface area (Å²) >= 11 is 4.78. The van der Waals surface area contributed by atoms with Crippen LogP contribution in [0.3, 0.4) is 0 Å². The van der Waals surface area contributed by atoms with E-state index < -0.39 is 0 Å². The van der Waals surface area contributed by atoms with Gasteiger partial charge in [0, 0.05) is 0 Å². The van der Waals surface area contributed by atoms with Crippen molar-refractivity contribution in [1.82, 2.24) is 0 Å². The van der Waals surface area contributed by atoms with Crippen molar-refractivity contribution >= 4 is 23.1 Å². The fraction of sp³-hybridized carbons (Fsp3) is 0.632. The molecule has 1 aliphatic carbocycles. The third-order valence-corrected chi connectivity index (χ3v) is 4.72. The van der Waals surface area contributed by atoms with E-state index in [0.717, 1.165) is 30.4 Å². The van der Waals surface area contributed by atoms with Crippen LogP contribution in [-0.2, 0) is 0 Å². The number of hydrogen-bond donors (Lipinski definition) is 0. The third-order valence-electron chi connectivity index (χ3n) is 4.62. The summed E-state index contributed by atoms with van der Waals surface area (Å²) in [5.74, 6) is 2.45. The maximum atomic E-state index is 6.02. The SMILES string of the molecule is CCCOc1c(N=C=S)cccc1C1CCC(CCC)CC1. The van der Waals surface area contributed by atoms with E-state index in [-0.39, 0.29) is 0 Å². The lowest BCUT2D eigenvalue weighted by Crippen LogP contribution is -2.14. The van der Waals surface area contributed by atoms with Gasteiger partial charge in [0.1, 0.15) is 11.4 Å². The molecule has 1 aromatic carbocycles. The van der Waals surface area contributed by atoms with Crippen molar-refractivity contribution in [3.8, 4) is 5.75 Å². The molecule has 0 atom stereocenters. The molecule has 120 valence electrons. The number of isothiocyanates is 1. The molecule has 0 radical (unpaired) electrons. The second-order valence-electron chi connectivity index (χ2n) is 6.25. The van der Waals surface area contributed by atoms with Crippen LogP contribution in [0.2, 0.25) is 0 Å². The summed E-state index contributed by atoms with van der Waals surface area (Å²) in [6, 6.07) is 6.24. The molecule has 0 N–H and O–H groups in total. The van der Waals surface area contributed by atoms with E-state index in [9.17, 15) is 0 Å². The van der Waals surface area contributed by atoms with Gasteiger partial charge in [-0.25, -0.2) is 0 Å². The number of thiocarbonyl (C=S) groups is 1. The van der Waals surface area contributed by atoms with Crippen molar-refractivity contribution < 1.29 is 4.74 Å². The van der Waals surface area contributed by atoms with Crippen LogP contribution in [0.25, 0.3) is 0 Å². The molecule has 0 saturated heterocycles. The molecule has 1 fully saturated rings. The molecule has 2 rings (SSSR count). The molecular formula is C19H27NOS. The Bertz CT molecular complexity index is 514. The summed E-state index contributed by atoms with van der Waals surface area (Å²) in [7, 11) is 0. The molecule has 2 nitrogen and oxygen atoms in total. The van der Waals surface area contributed by atoms with Crippen molar-refractivity contribution in [3.05, 3.63) is 23.8 Å². The minimum atomic E-state index is 0.597. The van der Waals surface area contributed by atoms with Gasteiger partial charge in [-0.3, -0.25) is 0 Å². The van der Waals surface area contributed by atoms with E-state index in [2.05, 4.69) is 36.1 Å². The molecule has 3 heteroatoms. The predicted octanol–water partition coefficient (Wildman–Crippen LogP) is 6.28. The largest absolute Gasteiger partial charge is 0.491 e. The molecule has 0 spiro atoms. The third kappa shape index (κ3) is 4.41. The Morgan fingerprint density at radius 1 is 1.18 bits per heavy atom. The van der Waals surface area contributed by atoms with Gasteiger partial charge >= 0.3 is 0 Å².